The number of oxazole rings is 1. The number of aldehydes is 1. The minimum Gasteiger partial charge on any atom is -0.481 e. The Balaban J connectivity index is 2.45. The van der Waals surface area contributed by atoms with Crippen LogP contribution >= 0.6 is 0 Å². The van der Waals surface area contributed by atoms with Gasteiger partial charge in [0, 0.05) is 32.1 Å². The molecule has 0 saturated heterocycles. The van der Waals surface area contributed by atoms with E-state index in [1.54, 1.807) is 52.0 Å². The summed E-state index contributed by atoms with van der Waals surface area (Å²) >= 11 is 0. The van der Waals surface area contributed by atoms with Gasteiger partial charge < -0.3 is 51.5 Å². The van der Waals surface area contributed by atoms with Crippen LogP contribution in [0.4, 0.5) is 6.01 Å². The monoisotopic (exact) mass is 871 g/mol. The van der Waals surface area contributed by atoms with Crippen molar-refractivity contribution in [2.75, 3.05) is 5.32 Å². The molecule has 1 heterocycles. The molecule has 340 valence electrons. The Bertz CT molecular complexity index is 1960. The topological polar surface area (TPSA) is 344 Å². The summed E-state index contributed by atoms with van der Waals surface area (Å²) in [6.45, 7) is 10.3. The van der Waals surface area contributed by atoms with Gasteiger partial charge in [0.25, 0.3) is 5.91 Å². The molecule has 1 aromatic heterocycles. The first-order valence-corrected chi connectivity index (χ1v) is 19.8. The number of carbonyl (C=O) groups excluding carboxylic acids is 7. The minimum atomic E-state index is -2.21. The lowest BCUT2D eigenvalue weighted by molar-refractivity contribution is -0.151. The number of rotatable bonds is 26. The number of carbonyl (C=O) groups is 10. The number of aliphatic carboxylic acids is 3. The van der Waals surface area contributed by atoms with Crippen LogP contribution in [0.3, 0.4) is 0 Å². The van der Waals surface area contributed by atoms with Gasteiger partial charge in [0.05, 0.1) is 12.6 Å². The Hall–Kier alpha value is -6.51. The Kier molecular flexibility index (Phi) is 20.0. The molecule has 21 heteroatoms. The number of carboxylic acid groups (broad SMARTS) is 3. The smallest absolute Gasteiger partial charge is 0.316 e. The summed E-state index contributed by atoms with van der Waals surface area (Å²) in [7, 11) is 0. The Morgan fingerprint density at radius 2 is 1.39 bits per heavy atom. The van der Waals surface area contributed by atoms with Crippen LogP contribution in [0, 0.1) is 24.2 Å². The molecule has 0 aliphatic rings. The highest BCUT2D eigenvalue weighted by Crippen LogP contribution is 2.22. The van der Waals surface area contributed by atoms with Gasteiger partial charge in [0.2, 0.25) is 23.6 Å². The first kappa shape index (κ1) is 51.6. The zero-order valence-electron chi connectivity index (χ0n) is 35.5. The molecule has 1 aromatic carbocycles. The largest absolute Gasteiger partial charge is 0.481 e. The van der Waals surface area contributed by atoms with E-state index >= 15 is 0 Å². The van der Waals surface area contributed by atoms with E-state index in [1.807, 2.05) is 13.8 Å². The van der Waals surface area contributed by atoms with Crippen molar-refractivity contribution >= 4 is 65.5 Å². The maximum Gasteiger partial charge on any atom is 0.316 e. The number of nitrogens with two attached hydrogens (primary N) is 1. The Morgan fingerprint density at radius 1 is 0.790 bits per heavy atom. The van der Waals surface area contributed by atoms with Crippen LogP contribution in [0.25, 0.3) is 0 Å². The second kappa shape index (κ2) is 24.1. The van der Waals surface area contributed by atoms with Crippen LogP contribution in [-0.2, 0) is 60.8 Å². The molecule has 0 aliphatic heterocycles. The fourth-order valence-electron chi connectivity index (χ4n) is 6.12. The number of hydrogen-bond acceptors (Lipinski definition) is 13. The zero-order valence-corrected chi connectivity index (χ0v) is 35.5. The number of anilines is 1. The summed E-state index contributed by atoms with van der Waals surface area (Å²) in [6, 6.07) is -1.15. The lowest BCUT2D eigenvalue weighted by Crippen LogP contribution is -2.62. The van der Waals surface area contributed by atoms with E-state index in [4.69, 9.17) is 15.3 Å². The van der Waals surface area contributed by atoms with E-state index < -0.39 is 120 Å². The summed E-state index contributed by atoms with van der Waals surface area (Å²) in [5.41, 5.74) is 6.13. The van der Waals surface area contributed by atoms with E-state index in [-0.39, 0.29) is 37.6 Å². The summed E-state index contributed by atoms with van der Waals surface area (Å²) < 4.78 is 5.49. The van der Waals surface area contributed by atoms with E-state index in [2.05, 4.69) is 31.6 Å². The van der Waals surface area contributed by atoms with E-state index in [1.165, 1.54) is 6.20 Å². The van der Waals surface area contributed by atoms with Gasteiger partial charge in [-0.15, -0.1) is 0 Å². The standard InChI is InChI=1S/C41H57N7O14/c1-21(2)18-26(36(57)48-40-43-20-24(62-40)12-9-17-49)46-38(59)33(41(4,5)6)47-35(56)27(19-23-11-8-7-10-22(23)3)45-34(55)25(13-15-29(51)52)44-37(58)32(42)31(39(60)61)28(50)14-16-30(53)54/h7-8,10-11,17,20-21,25-27,31-33H,9,12-16,18-19,42H2,1-6H3,(H,44,58)(H,45,55)(H,46,59)(H,47,56)(H,51,52)(H,53,54)(H,60,61)(H,43,48,57)/t25-,26-,27-,31?,32-,33+/m0/s1. The SMILES string of the molecule is Cc1ccccc1C[C@H](NC(=O)[C@H](CCC(=O)O)NC(=O)[C@@H](N)C(C(=O)O)C(=O)CCC(=O)O)C(=O)N[C@H](C(=O)N[C@@H](CC(C)C)C(=O)Nc1ncc(CCC=O)o1)C(C)(C)C. The molecule has 0 spiro atoms. The molecule has 0 aliphatic carbocycles. The highest BCUT2D eigenvalue weighted by molar-refractivity contribution is 6.05. The summed E-state index contributed by atoms with van der Waals surface area (Å²) in [5.74, 6) is -12.5. The summed E-state index contributed by atoms with van der Waals surface area (Å²) in [4.78, 5) is 131. The Labute approximate surface area is 357 Å². The van der Waals surface area contributed by atoms with Gasteiger partial charge in [-0.05, 0) is 42.2 Å². The molecule has 5 amide bonds. The fraction of sp³-hybridized carbons (Fsp3) is 0.537. The van der Waals surface area contributed by atoms with Gasteiger partial charge in [-0.3, -0.25) is 48.5 Å². The van der Waals surface area contributed by atoms with Crippen molar-refractivity contribution in [3.63, 3.8) is 0 Å². The summed E-state index contributed by atoms with van der Waals surface area (Å²) in [5, 5.41) is 40.6. The van der Waals surface area contributed by atoms with Crippen molar-refractivity contribution in [3.8, 4) is 0 Å². The molecule has 0 radical (unpaired) electrons. The summed E-state index contributed by atoms with van der Waals surface area (Å²) in [6.07, 6.45) is -0.310. The molecule has 6 atom stereocenters. The lowest BCUT2D eigenvalue weighted by atomic mass is 9.85. The number of carboxylic acids is 3. The van der Waals surface area contributed by atoms with Crippen LogP contribution < -0.4 is 32.3 Å². The molecule has 10 N–H and O–H groups in total. The van der Waals surface area contributed by atoms with Crippen molar-refractivity contribution in [1.82, 2.24) is 26.3 Å². The average molecular weight is 872 g/mol. The molecule has 2 aromatic rings. The van der Waals surface area contributed by atoms with Crippen molar-refractivity contribution in [2.24, 2.45) is 23.0 Å². The number of nitrogens with one attached hydrogen (secondary N) is 5. The van der Waals surface area contributed by atoms with E-state index in [9.17, 15) is 58.2 Å². The number of aryl methyl sites for hydroxylation is 2. The molecule has 2 rings (SSSR count). The highest BCUT2D eigenvalue weighted by atomic mass is 16.4. The quantitative estimate of drug-likeness (QED) is 0.0463. The van der Waals surface area contributed by atoms with Crippen LogP contribution in [0.1, 0.15) is 90.0 Å². The van der Waals surface area contributed by atoms with E-state index in [0.29, 0.717) is 23.2 Å². The van der Waals surface area contributed by atoms with Crippen LogP contribution in [0.15, 0.2) is 34.9 Å². The van der Waals surface area contributed by atoms with Gasteiger partial charge in [-0.2, -0.15) is 0 Å². The molecule has 0 fully saturated rings. The maximum absolute atomic E-state index is 14.3. The lowest BCUT2D eigenvalue weighted by Gasteiger charge is -2.33. The number of ketones is 1. The number of amides is 5. The minimum absolute atomic E-state index is 0.105. The normalized spacial score (nSPS) is 14.2. The molecular weight excluding hydrogens is 814 g/mol. The van der Waals surface area contributed by atoms with Crippen molar-refractivity contribution < 1.29 is 67.7 Å². The number of hydrogen-bond donors (Lipinski definition) is 9. The van der Waals surface area contributed by atoms with Crippen molar-refractivity contribution in [3.05, 3.63) is 47.3 Å². The van der Waals surface area contributed by atoms with Crippen LogP contribution in [0.5, 0.6) is 0 Å². The van der Waals surface area contributed by atoms with Crippen molar-refractivity contribution in [2.45, 2.75) is 123 Å². The second-order valence-corrected chi connectivity index (χ2v) is 16.2. The molecule has 0 bridgehead atoms. The molecule has 1 unspecified atom stereocenters. The first-order valence-electron chi connectivity index (χ1n) is 19.8. The molecule has 21 nitrogen and oxygen atoms in total. The Morgan fingerprint density at radius 3 is 1.95 bits per heavy atom. The molecule has 62 heavy (non-hydrogen) atoms. The van der Waals surface area contributed by atoms with Gasteiger partial charge in [-0.1, -0.05) is 58.9 Å². The van der Waals surface area contributed by atoms with Gasteiger partial charge >= 0.3 is 23.9 Å². The van der Waals surface area contributed by atoms with Gasteiger partial charge in [-0.25, -0.2) is 4.98 Å². The highest BCUT2D eigenvalue weighted by Gasteiger charge is 2.40. The average Bonchev–Trinajstić information content (AvgIpc) is 3.62. The molecule has 0 saturated carbocycles. The third-order valence-corrected chi connectivity index (χ3v) is 9.51. The number of aromatic nitrogens is 1. The third-order valence-electron chi connectivity index (χ3n) is 9.51. The van der Waals surface area contributed by atoms with Crippen molar-refractivity contribution in [1.29, 1.82) is 0 Å². The second-order valence-electron chi connectivity index (χ2n) is 16.2. The van der Waals surface area contributed by atoms with Gasteiger partial charge in [0.1, 0.15) is 54.0 Å². The fourth-order valence-corrected chi connectivity index (χ4v) is 6.12. The number of nitrogens with zero attached hydrogens (tertiary/aromatic N) is 1. The van der Waals surface area contributed by atoms with Crippen LogP contribution in [-0.4, -0.2) is 110 Å². The number of Topliss-reactive ketones (excluding diaryl/α,β-unsaturated/α-hetero) is 1. The number of benzene rings is 1. The predicted molar refractivity (Wildman–Crippen MR) is 219 cm³/mol. The predicted octanol–water partition coefficient (Wildman–Crippen LogP) is 0.654. The third kappa shape index (κ3) is 16.9. The van der Waals surface area contributed by atoms with Crippen LogP contribution in [0.2, 0.25) is 0 Å². The maximum atomic E-state index is 14.3. The van der Waals surface area contributed by atoms with E-state index in [0.717, 1.165) is 0 Å². The van der Waals surface area contributed by atoms with Gasteiger partial charge in [0.15, 0.2) is 0 Å². The first-order chi connectivity index (χ1) is 28.9. The molecular formula is C41H57N7O14. The zero-order chi connectivity index (χ0) is 46.9.